The van der Waals surface area contributed by atoms with Gasteiger partial charge < -0.3 is 9.64 Å². The van der Waals surface area contributed by atoms with Crippen LogP contribution in [0.5, 0.6) is 0 Å². The van der Waals surface area contributed by atoms with Gasteiger partial charge in [0.25, 0.3) is 5.69 Å². The average molecular weight is 349 g/mol. The number of nitro benzene ring substituents is 1. The third kappa shape index (κ3) is 3.43. The quantitative estimate of drug-likeness (QED) is 0.472. The molecule has 7 nitrogen and oxygen atoms in total. The van der Waals surface area contributed by atoms with Gasteiger partial charge in [-0.3, -0.25) is 10.1 Å². The second-order valence-corrected chi connectivity index (χ2v) is 5.92. The molecule has 1 aromatic rings. The Hall–Kier alpha value is -2.35. The van der Waals surface area contributed by atoms with Crippen molar-refractivity contribution in [2.45, 2.75) is 19.9 Å². The number of non-ortho nitro benzene ring substituents is 1. The summed E-state index contributed by atoms with van der Waals surface area (Å²) in [7, 11) is 1.83. The van der Waals surface area contributed by atoms with Gasteiger partial charge in [-0.2, -0.15) is 0 Å². The van der Waals surface area contributed by atoms with Crippen LogP contribution in [0.2, 0.25) is 0 Å². The van der Waals surface area contributed by atoms with Crippen LogP contribution in [0.15, 0.2) is 40.5 Å². The van der Waals surface area contributed by atoms with Crippen LogP contribution in [0.1, 0.15) is 25.5 Å². The van der Waals surface area contributed by atoms with Crippen LogP contribution >= 0.6 is 11.8 Å². The number of benzene rings is 1. The highest BCUT2D eigenvalue weighted by molar-refractivity contribution is 8.13. The van der Waals surface area contributed by atoms with E-state index in [4.69, 9.17) is 4.74 Å². The molecule has 0 unspecified atom stereocenters. The van der Waals surface area contributed by atoms with Crippen molar-refractivity contribution in [2.24, 2.45) is 4.99 Å². The van der Waals surface area contributed by atoms with Crippen molar-refractivity contribution in [1.29, 1.82) is 0 Å². The zero-order valence-corrected chi connectivity index (χ0v) is 14.8. The van der Waals surface area contributed by atoms with Crippen molar-refractivity contribution in [3.8, 4) is 0 Å². The first-order chi connectivity index (χ1) is 11.4. The number of amidine groups is 1. The summed E-state index contributed by atoms with van der Waals surface area (Å²) >= 11 is 1.45. The second-order valence-electron chi connectivity index (χ2n) is 5.15. The molecule has 1 aromatic carbocycles. The summed E-state index contributed by atoms with van der Waals surface area (Å²) in [5.74, 6) is -0.456. The van der Waals surface area contributed by atoms with Gasteiger partial charge >= 0.3 is 5.97 Å². The van der Waals surface area contributed by atoms with Crippen molar-refractivity contribution in [3.05, 3.63) is 51.2 Å². The van der Waals surface area contributed by atoms with E-state index in [2.05, 4.69) is 4.99 Å². The number of carbonyl (C=O) groups excluding carboxylic acids is 1. The van der Waals surface area contributed by atoms with Crippen LogP contribution in [0.25, 0.3) is 0 Å². The lowest BCUT2D eigenvalue weighted by Gasteiger charge is -2.31. The minimum absolute atomic E-state index is 0.0341. The zero-order valence-electron chi connectivity index (χ0n) is 14.0. The van der Waals surface area contributed by atoms with Gasteiger partial charge in [0.2, 0.25) is 0 Å². The lowest BCUT2D eigenvalue weighted by molar-refractivity contribution is -0.384. The van der Waals surface area contributed by atoms with Crippen LogP contribution < -0.4 is 0 Å². The molecule has 0 N–H and O–H groups in total. The van der Waals surface area contributed by atoms with Gasteiger partial charge in [-0.1, -0.05) is 23.9 Å². The predicted octanol–water partition coefficient (Wildman–Crippen LogP) is 3.14. The molecule has 0 saturated carbocycles. The van der Waals surface area contributed by atoms with Crippen LogP contribution in [-0.4, -0.2) is 40.9 Å². The summed E-state index contributed by atoms with van der Waals surface area (Å²) in [6, 6.07) is 5.57. The Bertz CT molecular complexity index is 730. The van der Waals surface area contributed by atoms with E-state index in [0.717, 1.165) is 10.9 Å². The largest absolute Gasteiger partial charge is 0.463 e. The third-order valence-electron chi connectivity index (χ3n) is 3.77. The van der Waals surface area contributed by atoms with Crippen molar-refractivity contribution in [1.82, 2.24) is 4.90 Å². The number of nitro groups is 1. The fourth-order valence-corrected chi connectivity index (χ4v) is 3.11. The lowest BCUT2D eigenvalue weighted by Crippen LogP contribution is -2.32. The van der Waals surface area contributed by atoms with Crippen molar-refractivity contribution in [2.75, 3.05) is 19.9 Å². The van der Waals surface area contributed by atoms with Gasteiger partial charge in [0.05, 0.1) is 17.1 Å². The number of allylic oxidation sites excluding steroid dienone is 1. The summed E-state index contributed by atoms with van der Waals surface area (Å²) in [6.45, 7) is 3.81. The highest BCUT2D eigenvalue weighted by Crippen LogP contribution is 2.36. The highest BCUT2D eigenvalue weighted by atomic mass is 32.2. The monoisotopic (exact) mass is 349 g/mol. The van der Waals surface area contributed by atoms with Gasteiger partial charge in [0.1, 0.15) is 6.04 Å². The van der Waals surface area contributed by atoms with Crippen LogP contribution in [-0.2, 0) is 9.53 Å². The normalized spacial score (nSPS) is 17.6. The van der Waals surface area contributed by atoms with E-state index >= 15 is 0 Å². The Balaban J connectivity index is 2.57. The molecule has 0 spiro atoms. The molecule has 128 valence electrons. The molecule has 2 rings (SSSR count). The number of esters is 1. The predicted molar refractivity (Wildman–Crippen MR) is 93.9 cm³/mol. The van der Waals surface area contributed by atoms with Crippen LogP contribution in [0, 0.1) is 10.1 Å². The van der Waals surface area contributed by atoms with Crippen molar-refractivity contribution >= 4 is 28.6 Å². The standard InChI is InChI=1S/C16H19N3O4S/c1-5-23-15(20)13-10(2)18(3)16(24-4)17-14(13)11-7-6-8-12(9-11)19(21)22/h6-9,14H,5H2,1-4H3/t14-/m0/s1. The van der Waals surface area contributed by atoms with Gasteiger partial charge in [0.15, 0.2) is 5.17 Å². The Morgan fingerprint density at radius 2 is 2.21 bits per heavy atom. The Kier molecular flexibility index (Phi) is 5.61. The first kappa shape index (κ1) is 18.0. The number of rotatable bonds is 4. The fourth-order valence-electron chi connectivity index (χ4n) is 2.49. The van der Waals surface area contributed by atoms with Gasteiger partial charge in [-0.25, -0.2) is 9.79 Å². The van der Waals surface area contributed by atoms with E-state index in [9.17, 15) is 14.9 Å². The molecular weight excluding hydrogens is 330 g/mol. The summed E-state index contributed by atoms with van der Waals surface area (Å²) < 4.78 is 5.17. The topological polar surface area (TPSA) is 85.0 Å². The number of carbonyl (C=O) groups is 1. The van der Waals surface area contributed by atoms with Gasteiger partial charge in [-0.05, 0) is 25.7 Å². The first-order valence-corrected chi connectivity index (χ1v) is 8.60. The van der Waals surface area contributed by atoms with E-state index in [1.165, 1.54) is 23.9 Å². The minimum Gasteiger partial charge on any atom is -0.463 e. The highest BCUT2D eigenvalue weighted by Gasteiger charge is 2.33. The van der Waals surface area contributed by atoms with E-state index < -0.39 is 16.9 Å². The first-order valence-electron chi connectivity index (χ1n) is 7.38. The molecule has 8 heteroatoms. The van der Waals surface area contributed by atoms with Gasteiger partial charge in [-0.15, -0.1) is 0 Å². The van der Waals surface area contributed by atoms with E-state index in [0.29, 0.717) is 11.1 Å². The average Bonchev–Trinajstić information content (AvgIpc) is 2.57. The maximum absolute atomic E-state index is 12.4. The van der Waals surface area contributed by atoms with Gasteiger partial charge in [0, 0.05) is 24.9 Å². The van der Waals surface area contributed by atoms with E-state index in [1.54, 1.807) is 19.1 Å². The molecule has 0 radical (unpaired) electrons. The number of ether oxygens (including phenoxy) is 1. The molecule has 0 saturated heterocycles. The van der Waals surface area contributed by atoms with E-state index in [-0.39, 0.29) is 12.3 Å². The fraction of sp³-hybridized carbons (Fsp3) is 0.375. The number of aliphatic imine (C=N–C) groups is 1. The molecule has 1 aliphatic rings. The summed E-state index contributed by atoms with van der Waals surface area (Å²) in [5.41, 5.74) is 1.68. The smallest absolute Gasteiger partial charge is 0.338 e. The number of thioether (sulfide) groups is 1. The SMILES string of the molecule is CCOC(=O)C1=C(C)N(C)C(SC)=N[C@H]1c1cccc([N+](=O)[O-])c1. The summed E-state index contributed by atoms with van der Waals surface area (Å²) in [5, 5.41) is 11.8. The van der Waals surface area contributed by atoms with Crippen LogP contribution in [0.3, 0.4) is 0 Å². The number of nitrogens with zero attached hydrogens (tertiary/aromatic N) is 3. The molecule has 1 atom stereocenters. The maximum atomic E-state index is 12.4. The Morgan fingerprint density at radius 1 is 1.50 bits per heavy atom. The van der Waals surface area contributed by atoms with Crippen molar-refractivity contribution in [3.63, 3.8) is 0 Å². The molecule has 0 aliphatic carbocycles. The minimum atomic E-state index is -0.623. The summed E-state index contributed by atoms with van der Waals surface area (Å²) in [4.78, 5) is 29.5. The molecule has 0 fully saturated rings. The summed E-state index contributed by atoms with van der Waals surface area (Å²) in [6.07, 6.45) is 1.89. The molecule has 1 heterocycles. The number of hydrogen-bond acceptors (Lipinski definition) is 7. The molecule has 0 amide bonds. The molecule has 0 bridgehead atoms. The zero-order chi connectivity index (χ0) is 17.9. The molecule has 1 aliphatic heterocycles. The molecule has 0 aromatic heterocycles. The molecular formula is C16H19N3O4S. The lowest BCUT2D eigenvalue weighted by atomic mass is 9.96. The van der Waals surface area contributed by atoms with E-state index in [1.807, 2.05) is 25.1 Å². The number of hydrogen-bond donors (Lipinski definition) is 0. The van der Waals surface area contributed by atoms with Crippen molar-refractivity contribution < 1.29 is 14.5 Å². The Labute approximate surface area is 144 Å². The Morgan fingerprint density at radius 3 is 2.79 bits per heavy atom. The maximum Gasteiger partial charge on any atom is 0.338 e. The second kappa shape index (κ2) is 7.48. The van der Waals surface area contributed by atoms with Crippen LogP contribution in [0.4, 0.5) is 5.69 Å². The third-order valence-corrected chi connectivity index (χ3v) is 4.51. The molecule has 24 heavy (non-hydrogen) atoms.